The molecule has 1 aromatic heterocycles. The fourth-order valence-corrected chi connectivity index (χ4v) is 7.93. The fourth-order valence-electron chi connectivity index (χ4n) is 7.93. The number of carboxylic acid groups (broad SMARTS) is 1. The van der Waals surface area contributed by atoms with Crippen LogP contribution in [-0.4, -0.2) is 21.0 Å². The predicted molar refractivity (Wildman–Crippen MR) is 138 cm³/mol. The number of H-pyrrole nitrogens is 1. The van der Waals surface area contributed by atoms with Crippen LogP contribution in [0.2, 0.25) is 0 Å². The third-order valence-electron chi connectivity index (χ3n) is 9.16. The van der Waals surface area contributed by atoms with Gasteiger partial charge in [-0.3, -0.25) is 0 Å². The second-order valence-corrected chi connectivity index (χ2v) is 11.7. The summed E-state index contributed by atoms with van der Waals surface area (Å²) < 4.78 is 0. The van der Waals surface area contributed by atoms with Crippen molar-refractivity contribution in [1.82, 2.24) is 9.97 Å². The number of aromatic carboxylic acids is 1. The Balaban J connectivity index is 1.25. The Kier molecular flexibility index (Phi) is 5.78. The van der Waals surface area contributed by atoms with E-state index in [9.17, 15) is 9.90 Å². The minimum atomic E-state index is -0.871. The Bertz CT molecular complexity index is 1210. The molecule has 35 heavy (non-hydrogen) atoms. The number of carboxylic acids is 1. The molecular weight excluding hydrogens is 432 g/mol. The lowest BCUT2D eigenvalue weighted by molar-refractivity contribution is -0.0570. The molecule has 0 atom stereocenters. The third kappa shape index (κ3) is 4.55. The Morgan fingerprint density at radius 3 is 2.37 bits per heavy atom. The predicted octanol–water partition coefficient (Wildman–Crippen LogP) is 7.02. The van der Waals surface area contributed by atoms with Crippen LogP contribution in [0.1, 0.15) is 77.8 Å². The molecule has 0 amide bonds. The zero-order chi connectivity index (χ0) is 24.0. The number of aromatic nitrogens is 2. The van der Waals surface area contributed by atoms with Crippen LogP contribution < -0.4 is 0 Å². The zero-order valence-corrected chi connectivity index (χ0v) is 20.7. The number of nitrogens with one attached hydrogen (secondary N) is 1. The van der Waals surface area contributed by atoms with E-state index in [0.29, 0.717) is 11.0 Å². The highest BCUT2D eigenvalue weighted by atomic mass is 16.4. The molecule has 4 heteroatoms. The first kappa shape index (κ1) is 22.6. The number of nitrogens with zero attached hydrogens (tertiary/aromatic N) is 1. The number of aryl methyl sites for hydroxylation is 4. The van der Waals surface area contributed by atoms with Crippen molar-refractivity contribution >= 4 is 5.97 Å². The van der Waals surface area contributed by atoms with Crippen molar-refractivity contribution < 1.29 is 9.90 Å². The van der Waals surface area contributed by atoms with E-state index >= 15 is 0 Å². The molecule has 1 heterocycles. The minimum Gasteiger partial charge on any atom is -0.478 e. The van der Waals surface area contributed by atoms with Crippen LogP contribution in [0.5, 0.6) is 0 Å². The molecular formula is C31H36N2O2. The van der Waals surface area contributed by atoms with Gasteiger partial charge in [-0.2, -0.15) is 0 Å². The van der Waals surface area contributed by atoms with E-state index in [-0.39, 0.29) is 0 Å². The molecule has 0 aliphatic heterocycles. The van der Waals surface area contributed by atoms with Gasteiger partial charge in [0, 0.05) is 11.3 Å². The molecule has 4 aliphatic rings. The minimum absolute atomic E-state index is 0.354. The average Bonchev–Trinajstić information content (AvgIpc) is 3.24. The van der Waals surface area contributed by atoms with Gasteiger partial charge in [0.2, 0.25) is 0 Å². The van der Waals surface area contributed by atoms with E-state index in [4.69, 9.17) is 4.98 Å². The van der Waals surface area contributed by atoms with Crippen molar-refractivity contribution in [2.24, 2.45) is 23.2 Å². The summed E-state index contributed by atoms with van der Waals surface area (Å²) in [5.74, 6) is 3.03. The molecule has 7 rings (SSSR count). The summed E-state index contributed by atoms with van der Waals surface area (Å²) in [5, 5.41) is 9.36. The number of rotatable bonds is 8. The molecule has 182 valence electrons. The maximum absolute atomic E-state index is 11.4. The van der Waals surface area contributed by atoms with Crippen molar-refractivity contribution in [1.29, 1.82) is 0 Å². The molecule has 4 aliphatic carbocycles. The van der Waals surface area contributed by atoms with Gasteiger partial charge in [-0.15, -0.1) is 0 Å². The fraction of sp³-hybridized carbons (Fsp3) is 0.484. The number of benzene rings is 2. The molecule has 4 saturated carbocycles. The zero-order valence-electron chi connectivity index (χ0n) is 20.7. The molecule has 2 aromatic carbocycles. The number of aromatic amines is 1. The van der Waals surface area contributed by atoms with Crippen LogP contribution in [-0.2, 0) is 19.3 Å². The normalized spacial score (nSPS) is 26.8. The second-order valence-electron chi connectivity index (χ2n) is 11.7. The Morgan fingerprint density at radius 2 is 1.69 bits per heavy atom. The van der Waals surface area contributed by atoms with Gasteiger partial charge in [0.05, 0.1) is 11.3 Å². The molecule has 2 N–H and O–H groups in total. The van der Waals surface area contributed by atoms with E-state index in [2.05, 4.69) is 36.2 Å². The van der Waals surface area contributed by atoms with Gasteiger partial charge in [0.25, 0.3) is 0 Å². The third-order valence-corrected chi connectivity index (χ3v) is 9.16. The first-order valence-corrected chi connectivity index (χ1v) is 13.4. The van der Waals surface area contributed by atoms with Crippen molar-refractivity contribution in [2.45, 2.75) is 71.1 Å². The highest BCUT2D eigenvalue weighted by Gasteiger charge is 2.50. The summed E-state index contributed by atoms with van der Waals surface area (Å²) in [5.41, 5.74) is 6.79. The molecule has 3 aromatic rings. The van der Waals surface area contributed by atoms with Gasteiger partial charge in [0.1, 0.15) is 5.82 Å². The standard InChI is InChI=1S/C31H36N2O2/c1-20-5-2-3-8-26(20)29-32-27(10-9-21-6-4-7-25(16-21)30(34)35)28(33-29)11-12-31-17-22-13-23(18-31)15-24(14-22)19-31/h2-8,16,22-24H,9-15,17-19H2,1H3,(H,32,33)(H,34,35). The van der Waals surface area contributed by atoms with Crippen LogP contribution in [0, 0.1) is 30.1 Å². The highest BCUT2D eigenvalue weighted by molar-refractivity contribution is 5.87. The van der Waals surface area contributed by atoms with Crippen LogP contribution >= 0.6 is 0 Å². The van der Waals surface area contributed by atoms with E-state index in [1.54, 1.807) is 12.1 Å². The SMILES string of the molecule is Cc1ccccc1-c1nc(CCc2cccc(C(=O)O)c2)c(CCC23CC4CC(CC(C4)C2)C3)[nH]1. The van der Waals surface area contributed by atoms with Crippen molar-refractivity contribution in [3.63, 3.8) is 0 Å². The van der Waals surface area contributed by atoms with Crippen LogP contribution in [0.15, 0.2) is 48.5 Å². The topological polar surface area (TPSA) is 66.0 Å². The first-order valence-electron chi connectivity index (χ1n) is 13.4. The van der Waals surface area contributed by atoms with Crippen molar-refractivity contribution in [3.8, 4) is 11.4 Å². The maximum Gasteiger partial charge on any atom is 0.335 e. The Labute approximate surface area is 208 Å². The number of hydrogen-bond donors (Lipinski definition) is 2. The molecule has 4 fully saturated rings. The van der Waals surface area contributed by atoms with Gasteiger partial charge in [-0.05, 0) is 118 Å². The molecule has 0 saturated heterocycles. The smallest absolute Gasteiger partial charge is 0.335 e. The van der Waals surface area contributed by atoms with Gasteiger partial charge in [-0.1, -0.05) is 36.4 Å². The van der Waals surface area contributed by atoms with Gasteiger partial charge >= 0.3 is 5.97 Å². The molecule has 0 radical (unpaired) electrons. The number of hydrogen-bond acceptors (Lipinski definition) is 2. The molecule has 4 nitrogen and oxygen atoms in total. The lowest BCUT2D eigenvalue weighted by Gasteiger charge is -2.57. The largest absolute Gasteiger partial charge is 0.478 e. The van der Waals surface area contributed by atoms with Crippen molar-refractivity contribution in [2.75, 3.05) is 0 Å². The molecule has 0 unspecified atom stereocenters. The van der Waals surface area contributed by atoms with E-state index in [0.717, 1.165) is 54.1 Å². The first-order chi connectivity index (χ1) is 17.0. The second kappa shape index (κ2) is 8.96. The summed E-state index contributed by atoms with van der Waals surface area (Å²) in [6.07, 6.45) is 12.7. The lowest BCUT2D eigenvalue weighted by atomic mass is 9.48. The van der Waals surface area contributed by atoms with Gasteiger partial charge in [0.15, 0.2) is 0 Å². The van der Waals surface area contributed by atoms with E-state index in [1.807, 2.05) is 12.1 Å². The summed E-state index contributed by atoms with van der Waals surface area (Å²) in [4.78, 5) is 20.2. The van der Waals surface area contributed by atoms with Crippen LogP contribution in [0.25, 0.3) is 11.4 Å². The van der Waals surface area contributed by atoms with E-state index in [1.165, 1.54) is 61.8 Å². The summed E-state index contributed by atoms with van der Waals surface area (Å²) in [6, 6.07) is 15.8. The number of imidazole rings is 1. The van der Waals surface area contributed by atoms with Gasteiger partial charge in [-0.25, -0.2) is 9.78 Å². The van der Waals surface area contributed by atoms with E-state index < -0.39 is 5.97 Å². The van der Waals surface area contributed by atoms with Crippen LogP contribution in [0.4, 0.5) is 0 Å². The maximum atomic E-state index is 11.4. The average molecular weight is 469 g/mol. The Hall–Kier alpha value is -2.88. The highest BCUT2D eigenvalue weighted by Crippen LogP contribution is 2.61. The lowest BCUT2D eigenvalue weighted by Crippen LogP contribution is -2.46. The van der Waals surface area contributed by atoms with Crippen LogP contribution in [0.3, 0.4) is 0 Å². The monoisotopic (exact) mass is 468 g/mol. The van der Waals surface area contributed by atoms with Gasteiger partial charge < -0.3 is 10.1 Å². The quantitative estimate of drug-likeness (QED) is 0.373. The molecule has 4 bridgehead atoms. The summed E-state index contributed by atoms with van der Waals surface area (Å²) in [6.45, 7) is 2.14. The number of carbonyl (C=O) groups is 1. The Morgan fingerprint density at radius 1 is 0.971 bits per heavy atom. The summed E-state index contributed by atoms with van der Waals surface area (Å²) >= 11 is 0. The summed E-state index contributed by atoms with van der Waals surface area (Å²) in [7, 11) is 0. The molecule has 0 spiro atoms. The van der Waals surface area contributed by atoms with Crippen molar-refractivity contribution in [3.05, 3.63) is 76.6 Å².